The number of anilines is 3. The van der Waals surface area contributed by atoms with Gasteiger partial charge in [-0.1, -0.05) is 0 Å². The predicted molar refractivity (Wildman–Crippen MR) is 78.6 cm³/mol. The van der Waals surface area contributed by atoms with E-state index in [0.717, 1.165) is 35.5 Å². The first-order chi connectivity index (χ1) is 9.63. The van der Waals surface area contributed by atoms with Crippen molar-refractivity contribution in [2.75, 3.05) is 23.0 Å². The Morgan fingerprint density at radius 1 is 1.40 bits per heavy atom. The number of fused-ring (bicyclic) bond motifs is 1. The van der Waals surface area contributed by atoms with Crippen molar-refractivity contribution in [1.82, 2.24) is 0 Å². The summed E-state index contributed by atoms with van der Waals surface area (Å²) in [5, 5.41) is 2.86. The van der Waals surface area contributed by atoms with Crippen molar-refractivity contribution in [2.45, 2.75) is 19.4 Å². The number of hydrogen-bond donors (Lipinski definition) is 2. The van der Waals surface area contributed by atoms with Crippen LogP contribution in [0.4, 0.5) is 17.1 Å². The molecule has 1 aliphatic heterocycles. The summed E-state index contributed by atoms with van der Waals surface area (Å²) < 4.78 is 5.08. The number of nitrogens with zero attached hydrogens (tertiary/aromatic N) is 1. The van der Waals surface area contributed by atoms with Gasteiger partial charge in [0.1, 0.15) is 0 Å². The van der Waals surface area contributed by atoms with E-state index in [1.54, 1.807) is 12.5 Å². The van der Waals surface area contributed by atoms with E-state index >= 15 is 0 Å². The van der Waals surface area contributed by atoms with Gasteiger partial charge in [0.05, 0.1) is 23.9 Å². The van der Waals surface area contributed by atoms with Crippen molar-refractivity contribution in [3.8, 4) is 0 Å². The first kappa shape index (κ1) is 12.6. The van der Waals surface area contributed by atoms with Crippen molar-refractivity contribution in [1.29, 1.82) is 0 Å². The molecule has 5 heteroatoms. The second-order valence-electron chi connectivity index (χ2n) is 5.10. The number of rotatable bonds is 3. The zero-order valence-corrected chi connectivity index (χ0v) is 11.3. The zero-order valence-electron chi connectivity index (χ0n) is 11.3. The third kappa shape index (κ3) is 2.34. The van der Waals surface area contributed by atoms with E-state index in [2.05, 4.69) is 16.3 Å². The minimum atomic E-state index is 0.0522. The number of carbonyl (C=O) groups is 1. The summed E-state index contributed by atoms with van der Waals surface area (Å²) >= 11 is 0. The Hall–Kier alpha value is -2.43. The highest BCUT2D eigenvalue weighted by Crippen LogP contribution is 2.33. The maximum atomic E-state index is 11.4. The lowest BCUT2D eigenvalue weighted by molar-refractivity contribution is -0.116. The molecule has 1 aliphatic rings. The summed E-state index contributed by atoms with van der Waals surface area (Å²) in [5.41, 5.74) is 10.8. The van der Waals surface area contributed by atoms with Crippen LogP contribution < -0.4 is 16.0 Å². The molecule has 0 bridgehead atoms. The van der Waals surface area contributed by atoms with Crippen molar-refractivity contribution < 1.29 is 9.21 Å². The zero-order chi connectivity index (χ0) is 14.1. The van der Waals surface area contributed by atoms with Gasteiger partial charge in [0.2, 0.25) is 5.91 Å². The second kappa shape index (κ2) is 4.92. The second-order valence-corrected chi connectivity index (χ2v) is 5.10. The summed E-state index contributed by atoms with van der Waals surface area (Å²) in [4.78, 5) is 13.5. The van der Waals surface area contributed by atoms with Crippen molar-refractivity contribution in [3.05, 3.63) is 41.9 Å². The number of nitrogen functional groups attached to an aromatic ring is 1. The Labute approximate surface area is 117 Å². The summed E-state index contributed by atoms with van der Waals surface area (Å²) in [7, 11) is 1.99. The van der Waals surface area contributed by atoms with Gasteiger partial charge in [-0.05, 0) is 30.2 Å². The number of carbonyl (C=O) groups excluding carboxylic acids is 1. The van der Waals surface area contributed by atoms with Gasteiger partial charge in [0.25, 0.3) is 0 Å². The highest BCUT2D eigenvalue weighted by Gasteiger charge is 2.18. The molecule has 0 radical (unpaired) electrons. The van der Waals surface area contributed by atoms with Crippen molar-refractivity contribution in [2.24, 2.45) is 0 Å². The van der Waals surface area contributed by atoms with Crippen LogP contribution in [0.2, 0.25) is 0 Å². The van der Waals surface area contributed by atoms with Crippen LogP contribution in [0.15, 0.2) is 35.1 Å². The molecule has 20 heavy (non-hydrogen) atoms. The highest BCUT2D eigenvalue weighted by molar-refractivity contribution is 5.95. The molecule has 0 saturated carbocycles. The number of nitrogens with one attached hydrogen (secondary N) is 1. The largest absolute Gasteiger partial charge is 0.472 e. The van der Waals surface area contributed by atoms with E-state index in [9.17, 15) is 4.79 Å². The first-order valence-electron chi connectivity index (χ1n) is 6.58. The molecule has 0 atom stereocenters. The number of amides is 1. The van der Waals surface area contributed by atoms with Crippen LogP contribution in [0.25, 0.3) is 0 Å². The molecule has 5 nitrogen and oxygen atoms in total. The minimum absolute atomic E-state index is 0.0522. The molecule has 1 aromatic carbocycles. The normalized spacial score (nSPS) is 13.8. The number of benzene rings is 1. The smallest absolute Gasteiger partial charge is 0.224 e. The molecule has 0 fully saturated rings. The van der Waals surface area contributed by atoms with E-state index in [1.807, 2.05) is 19.2 Å². The van der Waals surface area contributed by atoms with E-state index in [-0.39, 0.29) is 5.91 Å². The fourth-order valence-electron chi connectivity index (χ4n) is 2.50. The van der Waals surface area contributed by atoms with Crippen LogP contribution in [0.5, 0.6) is 0 Å². The molecule has 0 saturated heterocycles. The Bertz CT molecular complexity index is 635. The summed E-state index contributed by atoms with van der Waals surface area (Å²) in [5.74, 6) is 0.0522. The van der Waals surface area contributed by atoms with Crippen LogP contribution in [-0.2, 0) is 17.8 Å². The van der Waals surface area contributed by atoms with Crippen LogP contribution in [0, 0.1) is 0 Å². The molecule has 1 aromatic heterocycles. The Balaban J connectivity index is 1.88. The van der Waals surface area contributed by atoms with Gasteiger partial charge in [-0.25, -0.2) is 0 Å². The lowest BCUT2D eigenvalue weighted by atomic mass is 10.0. The molecular weight excluding hydrogens is 254 g/mol. The minimum Gasteiger partial charge on any atom is -0.472 e. The molecular formula is C15H17N3O2. The summed E-state index contributed by atoms with van der Waals surface area (Å²) in [6, 6.07) is 5.84. The van der Waals surface area contributed by atoms with E-state index < -0.39 is 0 Å². The third-order valence-electron chi connectivity index (χ3n) is 3.56. The first-order valence-corrected chi connectivity index (χ1v) is 6.58. The van der Waals surface area contributed by atoms with Gasteiger partial charge >= 0.3 is 0 Å². The van der Waals surface area contributed by atoms with Gasteiger partial charge in [0.15, 0.2) is 0 Å². The average Bonchev–Trinajstić information content (AvgIpc) is 2.90. The average molecular weight is 271 g/mol. The SMILES string of the molecule is CN(Cc1ccoc1)c1cc2c(cc1N)NC(=O)CC2. The predicted octanol–water partition coefficient (Wildman–Crippen LogP) is 2.38. The molecule has 3 N–H and O–H groups in total. The lowest BCUT2D eigenvalue weighted by Gasteiger charge is -2.24. The third-order valence-corrected chi connectivity index (χ3v) is 3.56. The Morgan fingerprint density at radius 2 is 2.25 bits per heavy atom. The number of nitrogens with two attached hydrogens (primary N) is 1. The Kier molecular flexibility index (Phi) is 3.10. The molecule has 104 valence electrons. The Morgan fingerprint density at radius 3 is 3.00 bits per heavy atom. The van der Waals surface area contributed by atoms with Gasteiger partial charge in [-0.15, -0.1) is 0 Å². The molecule has 2 heterocycles. The van der Waals surface area contributed by atoms with Crippen molar-refractivity contribution >= 4 is 23.0 Å². The molecule has 0 spiro atoms. The van der Waals surface area contributed by atoms with Crippen LogP contribution >= 0.6 is 0 Å². The quantitative estimate of drug-likeness (QED) is 0.841. The number of furan rings is 1. The molecule has 1 amide bonds. The molecule has 0 aliphatic carbocycles. The number of aryl methyl sites for hydroxylation is 1. The maximum Gasteiger partial charge on any atom is 0.224 e. The van der Waals surface area contributed by atoms with Gasteiger partial charge in [0, 0.05) is 31.3 Å². The van der Waals surface area contributed by atoms with E-state index in [1.165, 1.54) is 0 Å². The van der Waals surface area contributed by atoms with E-state index in [4.69, 9.17) is 10.2 Å². The summed E-state index contributed by atoms with van der Waals surface area (Å²) in [6.45, 7) is 0.728. The van der Waals surface area contributed by atoms with Crippen molar-refractivity contribution in [3.63, 3.8) is 0 Å². The molecule has 0 unspecified atom stereocenters. The highest BCUT2D eigenvalue weighted by atomic mass is 16.3. The molecule has 2 aromatic rings. The summed E-state index contributed by atoms with van der Waals surface area (Å²) in [6.07, 6.45) is 4.68. The maximum absolute atomic E-state index is 11.4. The van der Waals surface area contributed by atoms with Crippen LogP contribution in [0.1, 0.15) is 17.5 Å². The van der Waals surface area contributed by atoms with Gasteiger partial charge in [-0.3, -0.25) is 4.79 Å². The van der Waals surface area contributed by atoms with Gasteiger partial charge < -0.3 is 20.4 Å². The van der Waals surface area contributed by atoms with Crippen LogP contribution in [-0.4, -0.2) is 13.0 Å². The van der Waals surface area contributed by atoms with Gasteiger partial charge in [-0.2, -0.15) is 0 Å². The number of hydrogen-bond acceptors (Lipinski definition) is 4. The fraction of sp³-hybridized carbons (Fsp3) is 0.267. The topological polar surface area (TPSA) is 71.5 Å². The van der Waals surface area contributed by atoms with E-state index in [0.29, 0.717) is 12.1 Å². The molecule has 3 rings (SSSR count). The van der Waals surface area contributed by atoms with Crippen LogP contribution in [0.3, 0.4) is 0 Å². The standard InChI is InChI=1S/C15H17N3O2/c1-18(8-10-4-5-20-9-10)14-6-11-2-3-15(19)17-13(11)7-12(14)16/h4-7,9H,2-3,8,16H2,1H3,(H,17,19). The monoisotopic (exact) mass is 271 g/mol. The lowest BCUT2D eigenvalue weighted by Crippen LogP contribution is -2.22. The fourth-order valence-corrected chi connectivity index (χ4v) is 2.50.